The van der Waals surface area contributed by atoms with Crippen molar-refractivity contribution in [2.75, 3.05) is 37.7 Å². The number of methoxy groups -OCH3 is 3. The maximum absolute atomic E-state index is 13.4. The van der Waals surface area contributed by atoms with E-state index in [1.54, 1.807) is 19.9 Å². The van der Waals surface area contributed by atoms with E-state index < -0.39 is 42.3 Å². The number of primary amides is 1. The summed E-state index contributed by atoms with van der Waals surface area (Å²) in [7, 11) is 4.48. The third kappa shape index (κ3) is 8.26. The van der Waals surface area contributed by atoms with Gasteiger partial charge in [0.05, 0.1) is 47.4 Å². The number of hydrogen-bond donors (Lipinski definition) is 5. The predicted octanol–water partition coefficient (Wildman–Crippen LogP) is 4.13. The van der Waals surface area contributed by atoms with E-state index in [4.69, 9.17) is 24.7 Å². The first-order valence-corrected chi connectivity index (χ1v) is 15.6. The molecular weight excluding hydrogens is 590 g/mol. The summed E-state index contributed by atoms with van der Waals surface area (Å²) in [4.78, 5) is 38.0. The summed E-state index contributed by atoms with van der Waals surface area (Å²) < 4.78 is 22.5. The Morgan fingerprint density at radius 3 is 2.36 bits per heavy atom. The smallest absolute Gasteiger partial charge is 0.405 e. The summed E-state index contributed by atoms with van der Waals surface area (Å²) in [5.74, 6) is -0.942. The number of fused-ring (bicyclic) bond motifs is 4. The monoisotopic (exact) mass is 635 g/mol. The van der Waals surface area contributed by atoms with Gasteiger partial charge in [0, 0.05) is 31.3 Å². The molecule has 3 rings (SSSR count). The van der Waals surface area contributed by atoms with Crippen molar-refractivity contribution < 1.29 is 43.5 Å². The second-order valence-electron chi connectivity index (χ2n) is 11.4. The second-order valence-corrected chi connectivity index (χ2v) is 12.4. The molecule has 1 aromatic carbocycles. The molecule has 6 N–H and O–H groups in total. The Morgan fingerprint density at radius 1 is 1.07 bits per heavy atom. The molecule has 0 fully saturated rings. The van der Waals surface area contributed by atoms with E-state index >= 15 is 0 Å². The van der Waals surface area contributed by atoms with Gasteiger partial charge >= 0.3 is 6.09 Å². The minimum absolute atomic E-state index is 0.106. The predicted molar refractivity (Wildman–Crippen MR) is 168 cm³/mol. The van der Waals surface area contributed by atoms with Crippen molar-refractivity contribution in [2.45, 2.75) is 82.7 Å². The van der Waals surface area contributed by atoms with Gasteiger partial charge in [0.2, 0.25) is 5.91 Å². The van der Waals surface area contributed by atoms with Crippen LogP contribution in [0.15, 0.2) is 28.2 Å². The summed E-state index contributed by atoms with van der Waals surface area (Å²) in [6.45, 7) is 7.22. The van der Waals surface area contributed by atoms with Gasteiger partial charge in [-0.3, -0.25) is 9.59 Å². The number of aliphatic hydroxyl groups excluding tert-OH is 1. The van der Waals surface area contributed by atoms with E-state index in [1.165, 1.54) is 33.1 Å². The fourth-order valence-corrected chi connectivity index (χ4v) is 6.67. The lowest BCUT2D eigenvalue weighted by Crippen LogP contribution is -2.37. The first-order chi connectivity index (χ1) is 20.8. The second kappa shape index (κ2) is 15.6. The molecule has 0 saturated heterocycles. The van der Waals surface area contributed by atoms with E-state index in [9.17, 15) is 24.6 Å². The average molecular weight is 636 g/mol. The number of benzene rings is 1. The van der Waals surface area contributed by atoms with E-state index in [2.05, 4.69) is 10.6 Å². The Labute approximate surface area is 262 Å². The van der Waals surface area contributed by atoms with Gasteiger partial charge in [-0.05, 0) is 51.0 Å². The van der Waals surface area contributed by atoms with E-state index in [0.29, 0.717) is 58.7 Å². The molecule has 0 saturated carbocycles. The number of rotatable bonds is 4. The molecule has 0 unspecified atom stereocenters. The number of nitrogens with two attached hydrogens (primary N) is 1. The lowest BCUT2D eigenvalue weighted by atomic mass is 9.87. The van der Waals surface area contributed by atoms with Gasteiger partial charge in [-0.2, -0.15) is 0 Å². The number of allylic oxidation sites excluding steroid dienone is 1. The number of carbonyl (C=O) groups is 3. The maximum atomic E-state index is 13.4. The SMILES string of the molecule is COc1c2c(O)c(c3c1NC(=O)CS3)NC(=O)/C(C)=C\CC[C@H](OC)[C@@H](OC(N)=O)/C(C)=C\[C@H](C)[C@@H](O)[C@@H](OC)C[C@H](C)C2. The summed E-state index contributed by atoms with van der Waals surface area (Å²) in [6, 6.07) is 0. The van der Waals surface area contributed by atoms with Gasteiger partial charge in [0.25, 0.3) is 5.91 Å². The molecule has 6 atom stereocenters. The number of amides is 3. The molecule has 2 aliphatic rings. The summed E-state index contributed by atoms with van der Waals surface area (Å²) in [6.07, 6.45) is 1.14. The molecule has 2 bridgehead atoms. The molecule has 3 amide bonds. The van der Waals surface area contributed by atoms with Crippen molar-refractivity contribution in [3.8, 4) is 11.5 Å². The molecule has 0 aliphatic carbocycles. The molecule has 1 aromatic rings. The van der Waals surface area contributed by atoms with Crippen molar-refractivity contribution in [1.29, 1.82) is 0 Å². The van der Waals surface area contributed by atoms with E-state index in [0.717, 1.165) is 0 Å². The molecule has 12 nitrogen and oxygen atoms in total. The van der Waals surface area contributed by atoms with Crippen LogP contribution in [0.2, 0.25) is 0 Å². The third-order valence-electron chi connectivity index (χ3n) is 8.06. The molecule has 0 radical (unpaired) electrons. The largest absolute Gasteiger partial charge is 0.505 e. The van der Waals surface area contributed by atoms with Gasteiger partial charge in [0.1, 0.15) is 5.75 Å². The van der Waals surface area contributed by atoms with Crippen molar-refractivity contribution >= 4 is 41.0 Å². The zero-order valence-corrected chi connectivity index (χ0v) is 27.2. The molecule has 244 valence electrons. The Bertz CT molecular complexity index is 1300. The summed E-state index contributed by atoms with van der Waals surface area (Å²) in [5, 5.41) is 28.6. The van der Waals surface area contributed by atoms with Crippen LogP contribution in [0.1, 0.15) is 52.5 Å². The highest BCUT2D eigenvalue weighted by molar-refractivity contribution is 8.00. The molecule has 44 heavy (non-hydrogen) atoms. The van der Waals surface area contributed by atoms with Gasteiger partial charge in [0.15, 0.2) is 11.9 Å². The van der Waals surface area contributed by atoms with Crippen LogP contribution < -0.4 is 21.1 Å². The summed E-state index contributed by atoms with van der Waals surface area (Å²) >= 11 is 1.20. The normalized spacial score (nSPS) is 29.6. The van der Waals surface area contributed by atoms with Crippen LogP contribution in [0.3, 0.4) is 0 Å². The number of ether oxygens (including phenoxy) is 4. The number of nitrogens with one attached hydrogen (secondary N) is 2. The Morgan fingerprint density at radius 2 is 1.75 bits per heavy atom. The van der Waals surface area contributed by atoms with Gasteiger partial charge in [-0.15, -0.1) is 11.8 Å². The Hall–Kier alpha value is -3.26. The standard InChI is InChI=1S/C31H45N3O9S/c1-15-11-19-26(37)23(29-24(28(19)42-7)33-22(35)14-44-29)34-30(38)16(2)9-8-10-20(40-5)27(43-31(32)39)18(4)13-17(3)25(36)21(12-15)41-6/h9,13,15,17,20-21,25,27,36-37H,8,10-12,14H2,1-7H3,(H2,32,39)(H,33,35)(H,34,38)/b16-9-,18-13-/t15-,17+,20+,21+,25-,27+/m1/s1. The zero-order valence-electron chi connectivity index (χ0n) is 26.4. The van der Waals surface area contributed by atoms with Crippen LogP contribution in [-0.4, -0.2) is 79.6 Å². The zero-order chi connectivity index (χ0) is 32.7. The fourth-order valence-electron chi connectivity index (χ4n) is 5.75. The minimum Gasteiger partial charge on any atom is -0.505 e. The average Bonchev–Trinajstić information content (AvgIpc) is 2.98. The highest BCUT2D eigenvalue weighted by Gasteiger charge is 2.33. The number of thioether (sulfide) groups is 1. The number of aromatic hydroxyl groups is 1. The van der Waals surface area contributed by atoms with Crippen molar-refractivity contribution in [1.82, 2.24) is 0 Å². The topological polar surface area (TPSA) is 179 Å². The first-order valence-electron chi connectivity index (χ1n) is 14.6. The van der Waals surface area contributed by atoms with Crippen molar-refractivity contribution in [3.63, 3.8) is 0 Å². The van der Waals surface area contributed by atoms with Crippen LogP contribution in [0.25, 0.3) is 0 Å². The molecule has 2 aliphatic heterocycles. The summed E-state index contributed by atoms with van der Waals surface area (Å²) in [5.41, 5.74) is 7.42. The Kier molecular flexibility index (Phi) is 12.5. The fraction of sp³-hybridized carbons (Fsp3) is 0.581. The number of carbonyl (C=O) groups excluding carboxylic acids is 3. The van der Waals surface area contributed by atoms with Crippen LogP contribution in [0.4, 0.5) is 16.2 Å². The highest BCUT2D eigenvalue weighted by atomic mass is 32.2. The lowest BCUT2D eigenvalue weighted by molar-refractivity contribution is -0.114. The Balaban J connectivity index is 2.14. The third-order valence-corrected chi connectivity index (χ3v) is 9.16. The maximum Gasteiger partial charge on any atom is 0.405 e. The van der Waals surface area contributed by atoms with E-state index in [1.807, 2.05) is 19.9 Å². The van der Waals surface area contributed by atoms with Gasteiger partial charge in [-0.25, -0.2) is 4.79 Å². The van der Waals surface area contributed by atoms with Gasteiger partial charge < -0.3 is 45.5 Å². The number of phenolic OH excluding ortho intramolecular Hbond substituents is 1. The highest BCUT2D eigenvalue weighted by Crippen LogP contribution is 2.52. The number of phenols is 1. The number of hydrogen-bond acceptors (Lipinski definition) is 10. The molecule has 2 heterocycles. The molecular formula is C31H45N3O9S. The minimum atomic E-state index is -0.958. The van der Waals surface area contributed by atoms with Crippen LogP contribution in [0, 0.1) is 11.8 Å². The van der Waals surface area contributed by atoms with Crippen molar-refractivity contribution in [3.05, 3.63) is 28.9 Å². The number of anilines is 2. The lowest BCUT2D eigenvalue weighted by Gasteiger charge is -2.30. The van der Waals surface area contributed by atoms with Crippen LogP contribution >= 0.6 is 11.8 Å². The first kappa shape index (κ1) is 35.2. The molecule has 0 spiro atoms. The molecule has 0 aromatic heterocycles. The van der Waals surface area contributed by atoms with Crippen LogP contribution in [0.5, 0.6) is 11.5 Å². The van der Waals surface area contributed by atoms with Gasteiger partial charge in [-0.1, -0.05) is 26.0 Å². The van der Waals surface area contributed by atoms with Crippen LogP contribution in [-0.2, 0) is 30.2 Å². The van der Waals surface area contributed by atoms with E-state index in [-0.39, 0.29) is 29.0 Å². The quantitative estimate of drug-likeness (QED) is 0.184. The van der Waals surface area contributed by atoms with Crippen molar-refractivity contribution in [2.24, 2.45) is 17.6 Å². The molecule has 13 heteroatoms. The number of aliphatic hydroxyl groups is 1.